The van der Waals surface area contributed by atoms with Crippen LogP contribution in [0.25, 0.3) is 17.3 Å². The lowest BCUT2D eigenvalue weighted by molar-refractivity contribution is -0.129. The highest BCUT2D eigenvalue weighted by molar-refractivity contribution is 7.73. The Labute approximate surface area is 180 Å². The first-order valence-corrected chi connectivity index (χ1v) is 9.97. The second-order valence-electron chi connectivity index (χ2n) is 6.30. The number of rotatable bonds is 5. The smallest absolute Gasteiger partial charge is 0.355 e. The normalized spacial score (nSPS) is 13.8. The van der Waals surface area contributed by atoms with E-state index in [-0.39, 0.29) is 11.6 Å². The SMILES string of the molecule is COc1ccc(-n2c(O)c(/C=C3\C(C(=O)O)=Nc4cc(OC)ccc43)sc2=S)cc1. The number of aromatic hydroxyl groups is 1. The minimum atomic E-state index is -1.16. The second kappa shape index (κ2) is 7.77. The zero-order valence-electron chi connectivity index (χ0n) is 15.9. The summed E-state index contributed by atoms with van der Waals surface area (Å²) >= 11 is 6.61. The summed E-state index contributed by atoms with van der Waals surface area (Å²) < 4.78 is 12.3. The quantitative estimate of drug-likeness (QED) is 0.559. The molecule has 9 heteroatoms. The van der Waals surface area contributed by atoms with Crippen molar-refractivity contribution in [2.24, 2.45) is 4.99 Å². The van der Waals surface area contributed by atoms with Crippen molar-refractivity contribution in [2.45, 2.75) is 0 Å². The molecule has 30 heavy (non-hydrogen) atoms. The maximum Gasteiger partial charge on any atom is 0.355 e. The van der Waals surface area contributed by atoms with Crippen LogP contribution in [0.3, 0.4) is 0 Å². The lowest BCUT2D eigenvalue weighted by atomic mass is 10.0. The maximum atomic E-state index is 11.8. The Morgan fingerprint density at radius 3 is 2.43 bits per heavy atom. The van der Waals surface area contributed by atoms with Crippen LogP contribution < -0.4 is 9.47 Å². The summed E-state index contributed by atoms with van der Waals surface area (Å²) in [5, 5.41) is 20.4. The Morgan fingerprint density at radius 1 is 1.13 bits per heavy atom. The molecule has 1 aliphatic heterocycles. The number of aliphatic carboxylic acids is 1. The monoisotopic (exact) mass is 440 g/mol. The highest BCUT2D eigenvalue weighted by Gasteiger charge is 2.27. The number of hydrogen-bond acceptors (Lipinski definition) is 7. The Kier molecular flexibility index (Phi) is 5.15. The molecule has 0 atom stereocenters. The van der Waals surface area contributed by atoms with Crippen LogP contribution in [-0.4, -0.2) is 40.7 Å². The summed E-state index contributed by atoms with van der Waals surface area (Å²) in [6.45, 7) is 0. The predicted molar refractivity (Wildman–Crippen MR) is 118 cm³/mol. The van der Waals surface area contributed by atoms with E-state index in [4.69, 9.17) is 21.7 Å². The van der Waals surface area contributed by atoms with E-state index in [0.29, 0.717) is 42.8 Å². The molecule has 1 aromatic heterocycles. The number of thiazole rings is 1. The fraction of sp³-hybridized carbons (Fsp3) is 0.0952. The molecule has 0 bridgehead atoms. The average Bonchev–Trinajstić information content (AvgIpc) is 3.25. The summed E-state index contributed by atoms with van der Waals surface area (Å²) in [5.74, 6) is 0.0266. The number of aliphatic imine (C=N–C) groups is 1. The summed E-state index contributed by atoms with van der Waals surface area (Å²) in [7, 11) is 3.10. The van der Waals surface area contributed by atoms with Crippen molar-refractivity contribution in [1.82, 2.24) is 4.57 Å². The number of ether oxygens (including phenoxy) is 2. The number of aromatic nitrogens is 1. The van der Waals surface area contributed by atoms with Crippen molar-refractivity contribution >= 4 is 52.6 Å². The fourth-order valence-electron chi connectivity index (χ4n) is 3.14. The van der Waals surface area contributed by atoms with Crippen LogP contribution in [0.2, 0.25) is 0 Å². The summed E-state index contributed by atoms with van der Waals surface area (Å²) in [5.41, 5.74) is 2.10. The summed E-state index contributed by atoms with van der Waals surface area (Å²) in [6.07, 6.45) is 1.60. The van der Waals surface area contributed by atoms with Gasteiger partial charge in [-0.3, -0.25) is 4.57 Å². The Bertz CT molecular complexity index is 1270. The molecule has 0 aliphatic carbocycles. The number of carboxylic acid groups (broad SMARTS) is 1. The van der Waals surface area contributed by atoms with Crippen LogP contribution in [0.1, 0.15) is 10.4 Å². The van der Waals surface area contributed by atoms with Gasteiger partial charge in [0.2, 0.25) is 5.88 Å². The third kappa shape index (κ3) is 3.38. The van der Waals surface area contributed by atoms with Gasteiger partial charge in [-0.1, -0.05) is 0 Å². The molecule has 2 N–H and O–H groups in total. The Balaban J connectivity index is 1.83. The van der Waals surface area contributed by atoms with Gasteiger partial charge in [-0.15, -0.1) is 11.3 Å². The van der Waals surface area contributed by atoms with Gasteiger partial charge in [-0.2, -0.15) is 0 Å². The highest BCUT2D eigenvalue weighted by Crippen LogP contribution is 2.41. The summed E-state index contributed by atoms with van der Waals surface area (Å²) in [6, 6.07) is 12.2. The van der Waals surface area contributed by atoms with Crippen molar-refractivity contribution in [2.75, 3.05) is 14.2 Å². The fourth-order valence-corrected chi connectivity index (χ4v) is 4.43. The second-order valence-corrected chi connectivity index (χ2v) is 7.97. The molecule has 7 nitrogen and oxygen atoms in total. The first-order chi connectivity index (χ1) is 14.4. The maximum absolute atomic E-state index is 11.8. The molecular weight excluding hydrogens is 424 g/mol. The molecule has 1 aliphatic rings. The van der Waals surface area contributed by atoms with E-state index < -0.39 is 5.97 Å². The van der Waals surface area contributed by atoms with Gasteiger partial charge in [0.1, 0.15) is 11.5 Å². The molecular formula is C21H16N2O5S2. The standard InChI is InChI=1S/C21H16N2O5S2/c1-27-12-5-3-11(4-6-12)23-19(24)17(30-21(23)29)10-15-14-8-7-13(28-2)9-16(14)22-18(15)20(25)26/h3-10,24H,1-2H3,(H,25,26)/b15-10-. The highest BCUT2D eigenvalue weighted by atomic mass is 32.1. The molecule has 152 valence electrons. The predicted octanol–water partition coefficient (Wildman–Crippen LogP) is 4.70. The molecule has 0 amide bonds. The number of hydrogen-bond donors (Lipinski definition) is 2. The van der Waals surface area contributed by atoms with Gasteiger partial charge in [-0.05, 0) is 54.7 Å². The molecule has 0 saturated carbocycles. The molecule has 2 aromatic carbocycles. The largest absolute Gasteiger partial charge is 0.497 e. The van der Waals surface area contributed by atoms with Crippen molar-refractivity contribution in [3.05, 3.63) is 56.9 Å². The van der Waals surface area contributed by atoms with Gasteiger partial charge in [0.05, 0.1) is 30.5 Å². The zero-order valence-corrected chi connectivity index (χ0v) is 17.6. The molecule has 0 spiro atoms. The lowest BCUT2D eigenvalue weighted by Gasteiger charge is -2.06. The third-order valence-electron chi connectivity index (χ3n) is 4.60. The molecule has 3 aromatic rings. The molecule has 0 fully saturated rings. The lowest BCUT2D eigenvalue weighted by Crippen LogP contribution is -2.11. The number of methoxy groups -OCH3 is 2. The van der Waals surface area contributed by atoms with Gasteiger partial charge < -0.3 is 19.7 Å². The van der Waals surface area contributed by atoms with Crippen LogP contribution in [0.5, 0.6) is 17.4 Å². The third-order valence-corrected chi connectivity index (χ3v) is 5.91. The van der Waals surface area contributed by atoms with Crippen LogP contribution in [-0.2, 0) is 4.79 Å². The molecule has 4 rings (SSSR count). The molecule has 0 unspecified atom stereocenters. The number of nitrogens with zero attached hydrogens (tertiary/aromatic N) is 2. The van der Waals surface area contributed by atoms with E-state index in [1.165, 1.54) is 23.0 Å². The minimum Gasteiger partial charge on any atom is -0.497 e. The first-order valence-electron chi connectivity index (χ1n) is 8.74. The topological polar surface area (TPSA) is 93.3 Å². The van der Waals surface area contributed by atoms with E-state index in [0.717, 1.165) is 0 Å². The van der Waals surface area contributed by atoms with Crippen LogP contribution in [0.15, 0.2) is 47.5 Å². The van der Waals surface area contributed by atoms with Crippen molar-refractivity contribution in [3.8, 4) is 23.1 Å². The van der Waals surface area contributed by atoms with E-state index in [1.54, 1.807) is 55.7 Å². The molecule has 2 heterocycles. The van der Waals surface area contributed by atoms with Gasteiger partial charge in [-0.25, -0.2) is 9.79 Å². The van der Waals surface area contributed by atoms with E-state index >= 15 is 0 Å². The van der Waals surface area contributed by atoms with E-state index in [2.05, 4.69) is 4.99 Å². The number of fused-ring (bicyclic) bond motifs is 1. The number of benzene rings is 2. The Morgan fingerprint density at radius 2 is 1.80 bits per heavy atom. The molecule has 0 saturated heterocycles. The van der Waals surface area contributed by atoms with Crippen molar-refractivity contribution in [1.29, 1.82) is 0 Å². The average molecular weight is 441 g/mol. The summed E-state index contributed by atoms with van der Waals surface area (Å²) in [4.78, 5) is 16.4. The van der Waals surface area contributed by atoms with Gasteiger partial charge in [0.25, 0.3) is 0 Å². The Hall–Kier alpha value is -3.43. The van der Waals surface area contributed by atoms with Gasteiger partial charge in [0.15, 0.2) is 9.67 Å². The minimum absolute atomic E-state index is 0.0747. The number of carbonyl (C=O) groups is 1. The van der Waals surface area contributed by atoms with E-state index in [1.807, 2.05) is 0 Å². The van der Waals surface area contributed by atoms with Crippen LogP contribution in [0.4, 0.5) is 5.69 Å². The van der Waals surface area contributed by atoms with Gasteiger partial charge in [0, 0.05) is 17.2 Å². The van der Waals surface area contributed by atoms with Crippen LogP contribution >= 0.6 is 23.6 Å². The van der Waals surface area contributed by atoms with Gasteiger partial charge >= 0.3 is 5.97 Å². The molecule has 0 radical (unpaired) electrons. The number of carboxylic acids is 1. The zero-order chi connectivity index (χ0) is 21.4. The van der Waals surface area contributed by atoms with E-state index in [9.17, 15) is 15.0 Å². The van der Waals surface area contributed by atoms with Crippen molar-refractivity contribution in [3.63, 3.8) is 0 Å². The van der Waals surface area contributed by atoms with Crippen molar-refractivity contribution < 1.29 is 24.5 Å². The van der Waals surface area contributed by atoms with Crippen LogP contribution in [0, 0.1) is 3.95 Å². The first kappa shape index (κ1) is 19.9.